The van der Waals surface area contributed by atoms with Gasteiger partial charge in [-0.05, 0) is 6.92 Å². The van der Waals surface area contributed by atoms with Crippen molar-refractivity contribution in [2.75, 3.05) is 0 Å². The zero-order chi connectivity index (χ0) is 6.57. The standard InChI is InChI=1S/C4H8N2O2/c1-3(4(7)8)6-2-5/h2-3H,1H3,(H2,5,6)(H,7,8)/t3-/m0/s1. The van der Waals surface area contributed by atoms with Crippen molar-refractivity contribution >= 4 is 12.3 Å². The Hall–Kier alpha value is -1.06. The summed E-state index contributed by atoms with van der Waals surface area (Å²) in [5, 5.41) is 8.14. The van der Waals surface area contributed by atoms with Gasteiger partial charge in [0.15, 0.2) is 0 Å². The van der Waals surface area contributed by atoms with E-state index in [1.807, 2.05) is 0 Å². The summed E-state index contributed by atoms with van der Waals surface area (Å²) < 4.78 is 0. The van der Waals surface area contributed by atoms with Gasteiger partial charge in [0.05, 0.1) is 6.34 Å². The lowest BCUT2D eigenvalue weighted by Gasteiger charge is -1.93. The van der Waals surface area contributed by atoms with Crippen LogP contribution in [-0.4, -0.2) is 23.5 Å². The van der Waals surface area contributed by atoms with Gasteiger partial charge in [-0.2, -0.15) is 0 Å². The Balaban J connectivity index is 3.64. The smallest absolute Gasteiger partial charge is 0.328 e. The number of nitrogens with two attached hydrogens (primary N) is 1. The van der Waals surface area contributed by atoms with Gasteiger partial charge in [0.25, 0.3) is 0 Å². The van der Waals surface area contributed by atoms with E-state index in [2.05, 4.69) is 4.99 Å². The molecule has 0 aromatic heterocycles. The van der Waals surface area contributed by atoms with Crippen molar-refractivity contribution in [2.45, 2.75) is 13.0 Å². The van der Waals surface area contributed by atoms with E-state index in [9.17, 15) is 4.79 Å². The van der Waals surface area contributed by atoms with Crippen LogP contribution in [0.2, 0.25) is 0 Å². The van der Waals surface area contributed by atoms with Crippen molar-refractivity contribution in [3.63, 3.8) is 0 Å². The molecule has 0 aromatic rings. The highest BCUT2D eigenvalue weighted by molar-refractivity contribution is 5.74. The van der Waals surface area contributed by atoms with Crippen molar-refractivity contribution in [3.05, 3.63) is 0 Å². The molecule has 0 saturated heterocycles. The highest BCUT2D eigenvalue weighted by atomic mass is 16.4. The number of carboxylic acids is 1. The van der Waals surface area contributed by atoms with Crippen LogP contribution >= 0.6 is 0 Å². The summed E-state index contributed by atoms with van der Waals surface area (Å²) in [6.07, 6.45) is 0.985. The van der Waals surface area contributed by atoms with E-state index in [0.29, 0.717) is 0 Å². The molecule has 4 nitrogen and oxygen atoms in total. The first kappa shape index (κ1) is 6.94. The second kappa shape index (κ2) is 3.01. The molecule has 0 aliphatic carbocycles. The fraction of sp³-hybridized carbons (Fsp3) is 0.500. The Bertz CT molecular complexity index is 111. The largest absolute Gasteiger partial charge is 0.480 e. The van der Waals surface area contributed by atoms with E-state index in [0.717, 1.165) is 6.34 Å². The molecule has 0 fully saturated rings. The SMILES string of the molecule is C[C@H](N=CN)C(=O)O. The van der Waals surface area contributed by atoms with Gasteiger partial charge in [0.1, 0.15) is 6.04 Å². The van der Waals surface area contributed by atoms with Gasteiger partial charge < -0.3 is 10.8 Å². The lowest BCUT2D eigenvalue weighted by atomic mass is 10.4. The van der Waals surface area contributed by atoms with Crippen molar-refractivity contribution in [1.29, 1.82) is 0 Å². The van der Waals surface area contributed by atoms with Gasteiger partial charge in [-0.1, -0.05) is 0 Å². The Morgan fingerprint density at radius 2 is 2.50 bits per heavy atom. The fourth-order valence-corrected chi connectivity index (χ4v) is 0.193. The lowest BCUT2D eigenvalue weighted by Crippen LogP contribution is -2.14. The van der Waals surface area contributed by atoms with E-state index < -0.39 is 12.0 Å². The maximum Gasteiger partial charge on any atom is 0.328 e. The molecule has 0 aliphatic rings. The second-order valence-electron chi connectivity index (χ2n) is 1.31. The molecule has 0 rings (SSSR count). The van der Waals surface area contributed by atoms with Crippen molar-refractivity contribution in [2.24, 2.45) is 10.7 Å². The molecule has 1 atom stereocenters. The molecule has 46 valence electrons. The molecule has 0 heterocycles. The van der Waals surface area contributed by atoms with Crippen molar-refractivity contribution in [1.82, 2.24) is 0 Å². The number of aliphatic imine (C=N–C) groups is 1. The summed E-state index contributed by atoms with van der Waals surface area (Å²) in [5.41, 5.74) is 4.81. The number of carboxylic acid groups (broad SMARTS) is 1. The molecule has 0 saturated carbocycles. The van der Waals surface area contributed by atoms with Crippen LogP contribution in [0.4, 0.5) is 0 Å². The molecule has 8 heavy (non-hydrogen) atoms. The van der Waals surface area contributed by atoms with Gasteiger partial charge >= 0.3 is 5.97 Å². The summed E-state index contributed by atoms with van der Waals surface area (Å²) >= 11 is 0. The van der Waals surface area contributed by atoms with E-state index in [1.54, 1.807) is 0 Å². The van der Waals surface area contributed by atoms with Crippen molar-refractivity contribution in [3.8, 4) is 0 Å². The normalized spacial score (nSPS) is 14.1. The predicted molar refractivity (Wildman–Crippen MR) is 29.8 cm³/mol. The Morgan fingerprint density at radius 3 is 2.62 bits per heavy atom. The average Bonchev–Trinajstić information content (AvgIpc) is 1.67. The summed E-state index contributed by atoms with van der Waals surface area (Å²) in [6, 6.07) is -0.722. The molecule has 0 amide bonds. The first-order valence-corrected chi connectivity index (χ1v) is 2.14. The van der Waals surface area contributed by atoms with Crippen LogP contribution in [0, 0.1) is 0 Å². The van der Waals surface area contributed by atoms with Crippen LogP contribution in [0.1, 0.15) is 6.92 Å². The monoisotopic (exact) mass is 116 g/mol. The number of hydrogen-bond donors (Lipinski definition) is 2. The molecule has 0 radical (unpaired) electrons. The Morgan fingerprint density at radius 1 is 2.00 bits per heavy atom. The maximum absolute atomic E-state index is 9.92. The molecule has 4 heteroatoms. The zero-order valence-electron chi connectivity index (χ0n) is 4.53. The van der Waals surface area contributed by atoms with E-state index >= 15 is 0 Å². The Labute approximate surface area is 47.0 Å². The number of nitrogens with zero attached hydrogens (tertiary/aromatic N) is 1. The Kier molecular flexibility index (Phi) is 2.61. The topological polar surface area (TPSA) is 75.7 Å². The van der Waals surface area contributed by atoms with Crippen LogP contribution in [0.3, 0.4) is 0 Å². The number of carbonyl (C=O) groups is 1. The van der Waals surface area contributed by atoms with Crippen LogP contribution < -0.4 is 5.73 Å². The summed E-state index contributed by atoms with van der Waals surface area (Å²) in [4.78, 5) is 13.3. The zero-order valence-corrected chi connectivity index (χ0v) is 4.53. The van der Waals surface area contributed by atoms with Crippen LogP contribution in [0.25, 0.3) is 0 Å². The summed E-state index contributed by atoms with van der Waals surface area (Å²) in [7, 11) is 0. The molecule has 0 unspecified atom stereocenters. The first-order valence-electron chi connectivity index (χ1n) is 2.14. The highest BCUT2D eigenvalue weighted by Gasteiger charge is 2.04. The third-order valence-corrected chi connectivity index (χ3v) is 0.667. The molecular weight excluding hydrogens is 108 g/mol. The highest BCUT2D eigenvalue weighted by Crippen LogP contribution is 1.84. The molecule has 0 aliphatic heterocycles. The predicted octanol–water partition coefficient (Wildman–Crippen LogP) is -0.553. The molecule has 0 bridgehead atoms. The maximum atomic E-state index is 9.92. The third kappa shape index (κ3) is 2.17. The number of hydrogen-bond acceptors (Lipinski definition) is 2. The quantitative estimate of drug-likeness (QED) is 0.375. The first-order chi connectivity index (χ1) is 3.68. The third-order valence-electron chi connectivity index (χ3n) is 0.667. The van der Waals surface area contributed by atoms with Gasteiger partial charge in [-0.25, -0.2) is 4.79 Å². The number of rotatable bonds is 2. The second-order valence-corrected chi connectivity index (χ2v) is 1.31. The molecule has 3 N–H and O–H groups in total. The fourth-order valence-electron chi connectivity index (χ4n) is 0.193. The minimum atomic E-state index is -0.966. The van der Waals surface area contributed by atoms with Gasteiger partial charge in [-0.3, -0.25) is 4.99 Å². The van der Waals surface area contributed by atoms with Crippen LogP contribution in [0.5, 0.6) is 0 Å². The summed E-state index contributed by atoms with van der Waals surface area (Å²) in [5.74, 6) is -0.966. The average molecular weight is 116 g/mol. The van der Waals surface area contributed by atoms with E-state index in [1.165, 1.54) is 6.92 Å². The van der Waals surface area contributed by atoms with Crippen LogP contribution in [0.15, 0.2) is 4.99 Å². The lowest BCUT2D eigenvalue weighted by molar-refractivity contribution is -0.137. The van der Waals surface area contributed by atoms with E-state index in [4.69, 9.17) is 10.8 Å². The number of aliphatic carboxylic acids is 1. The minimum Gasteiger partial charge on any atom is -0.480 e. The molecular formula is C4H8N2O2. The van der Waals surface area contributed by atoms with Crippen LogP contribution in [-0.2, 0) is 4.79 Å². The van der Waals surface area contributed by atoms with Gasteiger partial charge in [0.2, 0.25) is 0 Å². The van der Waals surface area contributed by atoms with Gasteiger partial charge in [-0.15, -0.1) is 0 Å². The van der Waals surface area contributed by atoms with Gasteiger partial charge in [0, 0.05) is 0 Å². The van der Waals surface area contributed by atoms with Crippen molar-refractivity contribution < 1.29 is 9.90 Å². The molecule has 0 spiro atoms. The summed E-state index contributed by atoms with van der Waals surface area (Å²) in [6.45, 7) is 1.45. The van der Waals surface area contributed by atoms with E-state index in [-0.39, 0.29) is 0 Å². The molecule has 0 aromatic carbocycles. The minimum absolute atomic E-state index is 0.722.